The maximum atomic E-state index is 14.0. The van der Waals surface area contributed by atoms with Crippen molar-refractivity contribution in [1.82, 2.24) is 0 Å². The SMILES string of the molecule is CS(=O)(=O)c1c(F)cccc1C1(C(=O)O)CCCCC1. The largest absolute Gasteiger partial charge is 0.481 e. The normalized spacial score (nSPS) is 18.7. The van der Waals surface area contributed by atoms with E-state index in [1.54, 1.807) is 0 Å². The second kappa shape index (κ2) is 5.16. The van der Waals surface area contributed by atoms with Crippen LogP contribution in [0, 0.1) is 5.82 Å². The summed E-state index contributed by atoms with van der Waals surface area (Å²) in [4.78, 5) is 11.3. The predicted molar refractivity (Wildman–Crippen MR) is 71.9 cm³/mol. The molecule has 0 spiro atoms. The summed E-state index contributed by atoms with van der Waals surface area (Å²) in [7, 11) is -3.82. The molecule has 0 aliphatic heterocycles. The van der Waals surface area contributed by atoms with Crippen molar-refractivity contribution in [2.45, 2.75) is 42.4 Å². The summed E-state index contributed by atoms with van der Waals surface area (Å²) in [5, 5.41) is 9.61. The lowest BCUT2D eigenvalue weighted by Crippen LogP contribution is -2.39. The molecular formula is C14H17FO4S. The van der Waals surface area contributed by atoms with Crippen LogP contribution in [0.1, 0.15) is 37.7 Å². The maximum absolute atomic E-state index is 14.0. The van der Waals surface area contributed by atoms with Crippen molar-refractivity contribution < 1.29 is 22.7 Å². The first kappa shape index (κ1) is 15.0. The van der Waals surface area contributed by atoms with Crippen LogP contribution in [-0.4, -0.2) is 25.7 Å². The number of carboxylic acid groups (broad SMARTS) is 1. The smallest absolute Gasteiger partial charge is 0.314 e. The first-order valence-electron chi connectivity index (χ1n) is 6.51. The quantitative estimate of drug-likeness (QED) is 0.931. The molecule has 6 heteroatoms. The number of hydrogen-bond donors (Lipinski definition) is 1. The van der Waals surface area contributed by atoms with E-state index >= 15 is 0 Å². The molecule has 0 unspecified atom stereocenters. The van der Waals surface area contributed by atoms with Crippen LogP contribution in [0.3, 0.4) is 0 Å². The van der Waals surface area contributed by atoms with Crippen molar-refractivity contribution >= 4 is 15.8 Å². The lowest BCUT2D eigenvalue weighted by Gasteiger charge is -2.34. The molecule has 1 aromatic rings. The molecule has 1 aliphatic rings. The lowest BCUT2D eigenvalue weighted by molar-refractivity contribution is -0.145. The van der Waals surface area contributed by atoms with Gasteiger partial charge in [0.05, 0.1) is 5.41 Å². The summed E-state index contributed by atoms with van der Waals surface area (Å²) in [5.41, 5.74) is -1.20. The van der Waals surface area contributed by atoms with E-state index in [0.29, 0.717) is 25.7 Å². The Bertz CT molecular complexity index is 631. The van der Waals surface area contributed by atoms with Crippen LogP contribution in [0.5, 0.6) is 0 Å². The minimum absolute atomic E-state index is 0.0900. The van der Waals surface area contributed by atoms with Crippen LogP contribution in [0.15, 0.2) is 23.1 Å². The van der Waals surface area contributed by atoms with E-state index in [2.05, 4.69) is 0 Å². The first-order chi connectivity index (χ1) is 9.29. The zero-order valence-corrected chi connectivity index (χ0v) is 12.0. The molecule has 0 aromatic heterocycles. The van der Waals surface area contributed by atoms with Gasteiger partial charge in [0.25, 0.3) is 0 Å². The van der Waals surface area contributed by atoms with E-state index < -0.39 is 31.9 Å². The van der Waals surface area contributed by atoms with E-state index in [1.807, 2.05) is 0 Å². The molecule has 1 aromatic carbocycles. The molecule has 110 valence electrons. The molecule has 20 heavy (non-hydrogen) atoms. The Balaban J connectivity index is 2.73. The number of carboxylic acids is 1. The maximum Gasteiger partial charge on any atom is 0.314 e. The molecule has 1 aliphatic carbocycles. The summed E-state index contributed by atoms with van der Waals surface area (Å²) >= 11 is 0. The minimum atomic E-state index is -3.82. The Kier molecular flexibility index (Phi) is 3.86. The van der Waals surface area contributed by atoms with Crippen molar-refractivity contribution in [3.63, 3.8) is 0 Å². The summed E-state index contributed by atoms with van der Waals surface area (Å²) in [6.07, 6.45) is 3.91. The van der Waals surface area contributed by atoms with Crippen LogP contribution >= 0.6 is 0 Å². The van der Waals surface area contributed by atoms with Crippen LogP contribution in [0.2, 0.25) is 0 Å². The summed E-state index contributed by atoms with van der Waals surface area (Å²) in [5.74, 6) is -1.95. The van der Waals surface area contributed by atoms with E-state index in [9.17, 15) is 22.7 Å². The Labute approximate surface area is 117 Å². The van der Waals surface area contributed by atoms with Gasteiger partial charge in [-0.3, -0.25) is 4.79 Å². The van der Waals surface area contributed by atoms with Crippen molar-refractivity contribution in [2.75, 3.05) is 6.26 Å². The average molecular weight is 300 g/mol. The van der Waals surface area contributed by atoms with Gasteiger partial charge in [0.2, 0.25) is 0 Å². The summed E-state index contributed by atoms with van der Waals surface area (Å²) in [6, 6.07) is 3.86. The fourth-order valence-electron chi connectivity index (χ4n) is 3.02. The molecule has 1 saturated carbocycles. The fourth-order valence-corrected chi connectivity index (χ4v) is 4.10. The molecular weight excluding hydrogens is 283 g/mol. The zero-order chi connectivity index (χ0) is 15.0. The monoisotopic (exact) mass is 300 g/mol. The van der Waals surface area contributed by atoms with Gasteiger partial charge in [0.15, 0.2) is 9.84 Å². The average Bonchev–Trinajstić information content (AvgIpc) is 2.37. The Morgan fingerprint density at radius 2 is 1.85 bits per heavy atom. The van der Waals surface area contributed by atoms with Gasteiger partial charge in [-0.1, -0.05) is 31.4 Å². The number of hydrogen-bond acceptors (Lipinski definition) is 3. The lowest BCUT2D eigenvalue weighted by atomic mass is 9.69. The number of sulfone groups is 1. The second-order valence-electron chi connectivity index (χ2n) is 5.34. The van der Waals surface area contributed by atoms with E-state index in [0.717, 1.165) is 18.7 Å². The minimum Gasteiger partial charge on any atom is -0.481 e. The third-order valence-corrected chi connectivity index (χ3v) is 5.13. The molecule has 0 atom stereocenters. The van der Waals surface area contributed by atoms with E-state index in [1.165, 1.54) is 12.1 Å². The van der Waals surface area contributed by atoms with Gasteiger partial charge < -0.3 is 5.11 Å². The molecule has 0 radical (unpaired) electrons. The Morgan fingerprint density at radius 3 is 2.35 bits per heavy atom. The third-order valence-electron chi connectivity index (χ3n) is 3.97. The highest BCUT2D eigenvalue weighted by atomic mass is 32.2. The van der Waals surface area contributed by atoms with Gasteiger partial charge in [-0.05, 0) is 24.5 Å². The van der Waals surface area contributed by atoms with Crippen molar-refractivity contribution in [1.29, 1.82) is 0 Å². The van der Waals surface area contributed by atoms with Crippen LogP contribution in [0.25, 0.3) is 0 Å². The Hall–Kier alpha value is -1.43. The topological polar surface area (TPSA) is 71.4 Å². The van der Waals surface area contributed by atoms with Gasteiger partial charge >= 0.3 is 5.97 Å². The number of halogens is 1. The summed E-state index contributed by atoms with van der Waals surface area (Å²) in [6.45, 7) is 0. The summed E-state index contributed by atoms with van der Waals surface area (Å²) < 4.78 is 37.7. The molecule has 0 amide bonds. The van der Waals surface area contributed by atoms with Crippen molar-refractivity contribution in [2.24, 2.45) is 0 Å². The second-order valence-corrected chi connectivity index (χ2v) is 7.29. The number of benzene rings is 1. The molecule has 1 fully saturated rings. The van der Waals surface area contributed by atoms with Crippen LogP contribution in [-0.2, 0) is 20.0 Å². The number of aliphatic carboxylic acids is 1. The van der Waals surface area contributed by atoms with Gasteiger partial charge in [0, 0.05) is 6.26 Å². The van der Waals surface area contributed by atoms with E-state index in [-0.39, 0.29) is 5.56 Å². The molecule has 1 N–H and O–H groups in total. The first-order valence-corrected chi connectivity index (χ1v) is 8.40. The molecule has 4 nitrogen and oxygen atoms in total. The van der Waals surface area contributed by atoms with E-state index in [4.69, 9.17) is 0 Å². The number of rotatable bonds is 3. The van der Waals surface area contributed by atoms with Gasteiger partial charge in [-0.25, -0.2) is 12.8 Å². The molecule has 0 saturated heterocycles. The van der Waals surface area contributed by atoms with Crippen molar-refractivity contribution in [3.05, 3.63) is 29.6 Å². The molecule has 0 heterocycles. The standard InChI is InChI=1S/C14H17FO4S/c1-20(18,19)12-10(6-5-7-11(12)15)14(13(16)17)8-3-2-4-9-14/h5-7H,2-4,8-9H2,1H3,(H,16,17). The zero-order valence-electron chi connectivity index (χ0n) is 11.2. The van der Waals surface area contributed by atoms with Crippen molar-refractivity contribution in [3.8, 4) is 0 Å². The molecule has 2 rings (SSSR count). The highest BCUT2D eigenvalue weighted by Crippen LogP contribution is 2.42. The highest BCUT2D eigenvalue weighted by molar-refractivity contribution is 7.90. The van der Waals surface area contributed by atoms with Gasteiger partial charge in [-0.2, -0.15) is 0 Å². The van der Waals surface area contributed by atoms with Crippen LogP contribution < -0.4 is 0 Å². The van der Waals surface area contributed by atoms with Gasteiger partial charge in [-0.15, -0.1) is 0 Å². The Morgan fingerprint density at radius 1 is 1.25 bits per heavy atom. The third kappa shape index (κ3) is 2.44. The molecule has 0 bridgehead atoms. The van der Waals surface area contributed by atoms with Crippen LogP contribution in [0.4, 0.5) is 4.39 Å². The number of carbonyl (C=O) groups is 1. The van der Waals surface area contributed by atoms with Gasteiger partial charge in [0.1, 0.15) is 10.7 Å². The highest BCUT2D eigenvalue weighted by Gasteiger charge is 2.44. The fraction of sp³-hybridized carbons (Fsp3) is 0.500. The predicted octanol–water partition coefficient (Wildman–Crippen LogP) is 2.52.